The summed E-state index contributed by atoms with van der Waals surface area (Å²) in [7, 11) is 3.03. The molecule has 98 valence electrons. The Hall–Kier alpha value is -1.49. The van der Waals surface area contributed by atoms with Gasteiger partial charge < -0.3 is 14.2 Å². The van der Waals surface area contributed by atoms with Crippen molar-refractivity contribution < 1.29 is 19.0 Å². The molecule has 0 saturated heterocycles. The van der Waals surface area contributed by atoms with Crippen molar-refractivity contribution in [3.63, 3.8) is 0 Å². The molecule has 0 aliphatic heterocycles. The van der Waals surface area contributed by atoms with Crippen LogP contribution < -0.4 is 14.2 Å². The molecule has 0 fully saturated rings. The minimum atomic E-state index is -0.421. The first kappa shape index (κ1) is 14.6. The van der Waals surface area contributed by atoms with Crippen LogP contribution in [-0.4, -0.2) is 25.5 Å². The summed E-state index contributed by atoms with van der Waals surface area (Å²) in [5, 5.41) is 0.753. The summed E-state index contributed by atoms with van der Waals surface area (Å²) in [6, 6.07) is 3.56. The second-order valence-corrected chi connectivity index (χ2v) is 4.05. The van der Waals surface area contributed by atoms with Gasteiger partial charge in [-0.2, -0.15) is 0 Å². The topological polar surface area (TPSA) is 44.8 Å². The third kappa shape index (κ3) is 3.77. The molecule has 0 saturated carbocycles. The Kier molecular flexibility index (Phi) is 5.71. The predicted molar refractivity (Wildman–Crippen MR) is 73.7 cm³/mol. The first-order chi connectivity index (χ1) is 8.62. The number of ether oxygens (including phenoxy) is 3. The smallest absolute Gasteiger partial charge is 0.308 e. The van der Waals surface area contributed by atoms with E-state index in [0.29, 0.717) is 17.2 Å². The average molecular weight is 315 g/mol. The third-order valence-electron chi connectivity index (χ3n) is 2.13. The molecule has 0 spiro atoms. The van der Waals surface area contributed by atoms with Crippen molar-refractivity contribution in [1.82, 2.24) is 0 Å². The molecule has 1 rings (SSSR count). The van der Waals surface area contributed by atoms with E-state index >= 15 is 0 Å². The standard InChI is InChI=1S/C13H15BrO4/c1-9(15)18-13-11(16-2)7-10(5-4-6-14)8-12(13)17-3/h4-5,7-8H,6H2,1-3H3. The molecule has 0 unspecified atom stereocenters. The number of carbonyl (C=O) groups excluding carboxylic acids is 1. The molecule has 0 radical (unpaired) electrons. The third-order valence-corrected chi connectivity index (χ3v) is 2.50. The van der Waals surface area contributed by atoms with E-state index in [1.807, 2.05) is 12.2 Å². The highest BCUT2D eigenvalue weighted by atomic mass is 79.9. The Morgan fingerprint density at radius 1 is 1.28 bits per heavy atom. The predicted octanol–water partition coefficient (Wildman–Crippen LogP) is 3.04. The molecule has 0 bridgehead atoms. The Balaban J connectivity index is 3.24. The van der Waals surface area contributed by atoms with Crippen LogP contribution in [0.4, 0.5) is 0 Å². The molecule has 18 heavy (non-hydrogen) atoms. The molecule has 0 atom stereocenters. The largest absolute Gasteiger partial charge is 0.493 e. The lowest BCUT2D eigenvalue weighted by molar-refractivity contribution is -0.132. The number of methoxy groups -OCH3 is 2. The fourth-order valence-corrected chi connectivity index (χ4v) is 1.61. The first-order valence-corrected chi connectivity index (χ1v) is 6.41. The molecule has 0 heterocycles. The van der Waals surface area contributed by atoms with Crippen LogP contribution in [0.25, 0.3) is 6.08 Å². The summed E-state index contributed by atoms with van der Waals surface area (Å²) in [5.41, 5.74) is 0.902. The van der Waals surface area contributed by atoms with Gasteiger partial charge in [-0.15, -0.1) is 0 Å². The van der Waals surface area contributed by atoms with Gasteiger partial charge in [0, 0.05) is 12.3 Å². The molecule has 0 aliphatic carbocycles. The average Bonchev–Trinajstić information content (AvgIpc) is 2.36. The zero-order chi connectivity index (χ0) is 13.5. The van der Waals surface area contributed by atoms with Gasteiger partial charge in [0.05, 0.1) is 14.2 Å². The lowest BCUT2D eigenvalue weighted by atomic mass is 10.1. The lowest BCUT2D eigenvalue weighted by Crippen LogP contribution is -2.05. The molecule has 0 aliphatic rings. The summed E-state index contributed by atoms with van der Waals surface area (Å²) in [6.07, 6.45) is 3.86. The zero-order valence-corrected chi connectivity index (χ0v) is 12.1. The van der Waals surface area contributed by atoms with Gasteiger partial charge in [-0.1, -0.05) is 28.1 Å². The van der Waals surface area contributed by atoms with Gasteiger partial charge in [0.25, 0.3) is 0 Å². The van der Waals surface area contributed by atoms with Gasteiger partial charge in [-0.3, -0.25) is 4.79 Å². The molecule has 0 aromatic heterocycles. The Morgan fingerprint density at radius 3 is 2.22 bits per heavy atom. The van der Waals surface area contributed by atoms with Crippen LogP contribution in [0.5, 0.6) is 17.2 Å². The SMILES string of the molecule is COc1cc(C=CCBr)cc(OC)c1OC(C)=O. The second kappa shape index (κ2) is 7.06. The highest BCUT2D eigenvalue weighted by Crippen LogP contribution is 2.39. The number of hydrogen-bond acceptors (Lipinski definition) is 4. The summed E-state index contributed by atoms with van der Waals surface area (Å²) < 4.78 is 15.5. The number of esters is 1. The van der Waals surface area contributed by atoms with E-state index in [4.69, 9.17) is 14.2 Å². The zero-order valence-electron chi connectivity index (χ0n) is 10.5. The van der Waals surface area contributed by atoms with Crippen LogP contribution in [0, 0.1) is 0 Å². The molecule has 1 aromatic carbocycles. The van der Waals surface area contributed by atoms with Gasteiger partial charge in [0.1, 0.15) is 0 Å². The number of rotatable bonds is 5. The summed E-state index contributed by atoms with van der Waals surface area (Å²) >= 11 is 3.31. The van der Waals surface area contributed by atoms with Crippen molar-refractivity contribution >= 4 is 28.0 Å². The summed E-state index contributed by atoms with van der Waals surface area (Å²) in [4.78, 5) is 11.1. The van der Waals surface area contributed by atoms with Crippen LogP contribution in [0.1, 0.15) is 12.5 Å². The maximum absolute atomic E-state index is 11.1. The van der Waals surface area contributed by atoms with Crippen molar-refractivity contribution in [2.75, 3.05) is 19.5 Å². The van der Waals surface area contributed by atoms with Crippen LogP contribution in [0.3, 0.4) is 0 Å². The van der Waals surface area contributed by atoms with Crippen molar-refractivity contribution in [3.05, 3.63) is 23.8 Å². The van der Waals surface area contributed by atoms with E-state index in [0.717, 1.165) is 10.9 Å². The van der Waals surface area contributed by atoms with Gasteiger partial charge in [0.15, 0.2) is 11.5 Å². The van der Waals surface area contributed by atoms with E-state index in [-0.39, 0.29) is 0 Å². The van der Waals surface area contributed by atoms with E-state index in [1.165, 1.54) is 21.1 Å². The van der Waals surface area contributed by atoms with Crippen molar-refractivity contribution in [2.45, 2.75) is 6.92 Å². The van der Waals surface area contributed by atoms with E-state index in [1.54, 1.807) is 12.1 Å². The maximum Gasteiger partial charge on any atom is 0.308 e. The minimum Gasteiger partial charge on any atom is -0.493 e. The Morgan fingerprint density at radius 2 is 1.83 bits per heavy atom. The van der Waals surface area contributed by atoms with Gasteiger partial charge >= 0.3 is 5.97 Å². The maximum atomic E-state index is 11.1. The van der Waals surface area contributed by atoms with Crippen LogP contribution in [0.15, 0.2) is 18.2 Å². The highest BCUT2D eigenvalue weighted by Gasteiger charge is 2.15. The van der Waals surface area contributed by atoms with Gasteiger partial charge in [-0.05, 0) is 17.7 Å². The monoisotopic (exact) mass is 314 g/mol. The van der Waals surface area contributed by atoms with Gasteiger partial charge in [0.2, 0.25) is 5.75 Å². The molecule has 0 amide bonds. The molecule has 0 N–H and O–H groups in total. The minimum absolute atomic E-state index is 0.295. The van der Waals surface area contributed by atoms with Crippen molar-refractivity contribution in [2.24, 2.45) is 0 Å². The molecular weight excluding hydrogens is 300 g/mol. The summed E-state index contributed by atoms with van der Waals surface area (Å²) in [5.74, 6) is 0.788. The fourth-order valence-electron chi connectivity index (χ4n) is 1.42. The number of benzene rings is 1. The number of hydrogen-bond donors (Lipinski definition) is 0. The molecule has 4 nitrogen and oxygen atoms in total. The van der Waals surface area contributed by atoms with Crippen LogP contribution in [-0.2, 0) is 4.79 Å². The summed E-state index contributed by atoms with van der Waals surface area (Å²) in [6.45, 7) is 1.33. The normalized spacial score (nSPS) is 10.4. The number of alkyl halides is 1. The van der Waals surface area contributed by atoms with E-state index in [9.17, 15) is 4.79 Å². The molecule has 5 heteroatoms. The molecular formula is C13H15BrO4. The van der Waals surface area contributed by atoms with Crippen LogP contribution in [0.2, 0.25) is 0 Å². The van der Waals surface area contributed by atoms with Crippen LogP contribution >= 0.6 is 15.9 Å². The Labute approximate surface area is 115 Å². The fraction of sp³-hybridized carbons (Fsp3) is 0.308. The highest BCUT2D eigenvalue weighted by molar-refractivity contribution is 9.09. The number of allylic oxidation sites excluding steroid dienone is 1. The second-order valence-electron chi connectivity index (χ2n) is 3.40. The van der Waals surface area contributed by atoms with Crippen molar-refractivity contribution in [3.8, 4) is 17.2 Å². The lowest BCUT2D eigenvalue weighted by Gasteiger charge is -2.13. The number of halogens is 1. The Bertz CT molecular complexity index is 429. The van der Waals surface area contributed by atoms with E-state index < -0.39 is 5.97 Å². The number of carbonyl (C=O) groups is 1. The van der Waals surface area contributed by atoms with Crippen molar-refractivity contribution in [1.29, 1.82) is 0 Å². The van der Waals surface area contributed by atoms with Gasteiger partial charge in [-0.25, -0.2) is 0 Å². The molecule has 1 aromatic rings. The first-order valence-electron chi connectivity index (χ1n) is 5.29. The quantitative estimate of drug-likeness (QED) is 0.476. The van der Waals surface area contributed by atoms with E-state index in [2.05, 4.69) is 15.9 Å².